The van der Waals surface area contributed by atoms with Gasteiger partial charge >= 0.3 is 5.92 Å². The summed E-state index contributed by atoms with van der Waals surface area (Å²) in [5.41, 5.74) is -2.29. The van der Waals surface area contributed by atoms with Gasteiger partial charge in [0, 0.05) is 30.1 Å². The van der Waals surface area contributed by atoms with Gasteiger partial charge in [0.25, 0.3) is 0 Å². The maximum absolute atomic E-state index is 15.1. The molecule has 0 saturated heterocycles. The molecular formula is C25H33F3N4O. The van der Waals surface area contributed by atoms with E-state index in [9.17, 15) is 13.9 Å². The lowest BCUT2D eigenvalue weighted by Gasteiger charge is -2.32. The molecule has 0 radical (unpaired) electrons. The summed E-state index contributed by atoms with van der Waals surface area (Å²) in [5.74, 6) is -3.81. The Hall–Kier alpha value is -2.87. The molecule has 0 aliphatic carbocycles. The van der Waals surface area contributed by atoms with Gasteiger partial charge in [0.1, 0.15) is 23.1 Å². The van der Waals surface area contributed by atoms with E-state index >= 15 is 4.39 Å². The Morgan fingerprint density at radius 3 is 2.48 bits per heavy atom. The van der Waals surface area contributed by atoms with Crippen molar-refractivity contribution < 1.29 is 18.3 Å². The fraction of sp³-hybridized carbons (Fsp3) is 0.440. The molecule has 8 heteroatoms. The number of nitrogens with zero attached hydrogens (tertiary/aromatic N) is 2. The van der Waals surface area contributed by atoms with Crippen LogP contribution in [0.1, 0.15) is 57.5 Å². The molecule has 2 aromatic rings. The number of nitrogens with one attached hydrogen (secondary N) is 2. The number of aromatic nitrogens is 2. The number of halogens is 3. The van der Waals surface area contributed by atoms with Crippen LogP contribution in [0.25, 0.3) is 12.2 Å². The van der Waals surface area contributed by atoms with E-state index in [-0.39, 0.29) is 18.5 Å². The topological polar surface area (TPSA) is 70.1 Å². The van der Waals surface area contributed by atoms with Gasteiger partial charge in [-0.05, 0) is 45.8 Å². The van der Waals surface area contributed by atoms with Crippen molar-refractivity contribution in [1.29, 1.82) is 0 Å². The number of allylic oxidation sites excluding steroid dienone is 2. The molecule has 0 bridgehead atoms. The summed E-state index contributed by atoms with van der Waals surface area (Å²) in [4.78, 5) is 8.92. The monoisotopic (exact) mass is 462 g/mol. The van der Waals surface area contributed by atoms with E-state index in [4.69, 9.17) is 0 Å². The molecule has 0 aliphatic heterocycles. The van der Waals surface area contributed by atoms with Gasteiger partial charge in [-0.25, -0.2) is 14.4 Å². The van der Waals surface area contributed by atoms with Gasteiger partial charge in [-0.2, -0.15) is 8.78 Å². The molecule has 1 heterocycles. The number of rotatable bonds is 9. The van der Waals surface area contributed by atoms with Crippen LogP contribution >= 0.6 is 0 Å². The summed E-state index contributed by atoms with van der Waals surface area (Å²) in [5, 5.41) is 17.7. The molecular weight excluding hydrogens is 429 g/mol. The minimum atomic E-state index is -3.75. The lowest BCUT2D eigenvalue weighted by molar-refractivity contribution is -0.181. The van der Waals surface area contributed by atoms with E-state index in [0.717, 1.165) is 25.1 Å². The van der Waals surface area contributed by atoms with E-state index in [1.54, 1.807) is 6.92 Å². The van der Waals surface area contributed by atoms with Crippen LogP contribution in [0.2, 0.25) is 0 Å². The summed E-state index contributed by atoms with van der Waals surface area (Å²) >= 11 is 0. The second-order valence-corrected chi connectivity index (χ2v) is 8.00. The average molecular weight is 463 g/mol. The van der Waals surface area contributed by atoms with Crippen molar-refractivity contribution in [3.8, 4) is 0 Å². The van der Waals surface area contributed by atoms with Crippen LogP contribution in [0.3, 0.4) is 0 Å². The fourth-order valence-electron chi connectivity index (χ4n) is 3.36. The quantitative estimate of drug-likeness (QED) is 0.528. The Morgan fingerprint density at radius 2 is 1.91 bits per heavy atom. The molecule has 1 atom stereocenters. The Morgan fingerprint density at radius 1 is 1.21 bits per heavy atom. The van der Waals surface area contributed by atoms with E-state index < -0.39 is 22.9 Å². The largest absolute Gasteiger partial charge is 0.388 e. The average Bonchev–Trinajstić information content (AvgIpc) is 2.78. The zero-order valence-electron chi connectivity index (χ0n) is 20.1. The van der Waals surface area contributed by atoms with E-state index in [0.29, 0.717) is 22.2 Å². The molecule has 0 amide bonds. The van der Waals surface area contributed by atoms with Crippen LogP contribution in [-0.4, -0.2) is 27.7 Å². The molecule has 0 saturated carbocycles. The van der Waals surface area contributed by atoms with Crippen molar-refractivity contribution in [1.82, 2.24) is 15.3 Å². The first kappa shape index (κ1) is 26.4. The Labute approximate surface area is 193 Å². The van der Waals surface area contributed by atoms with E-state index in [1.807, 2.05) is 39.1 Å². The van der Waals surface area contributed by atoms with Crippen LogP contribution in [0, 0.1) is 12.7 Å². The van der Waals surface area contributed by atoms with Crippen LogP contribution in [0.5, 0.6) is 0 Å². The molecule has 33 heavy (non-hydrogen) atoms. The van der Waals surface area contributed by atoms with Crippen molar-refractivity contribution in [2.75, 3.05) is 12.4 Å². The summed E-state index contributed by atoms with van der Waals surface area (Å²) in [6.07, 6.45) is 6.34. The number of anilines is 1. The molecule has 180 valence electrons. The first-order valence-corrected chi connectivity index (χ1v) is 11.0. The van der Waals surface area contributed by atoms with Crippen molar-refractivity contribution in [3.05, 3.63) is 63.3 Å². The highest BCUT2D eigenvalue weighted by Crippen LogP contribution is 2.42. The van der Waals surface area contributed by atoms with Crippen molar-refractivity contribution in [2.24, 2.45) is 0 Å². The van der Waals surface area contributed by atoms with Crippen LogP contribution < -0.4 is 21.2 Å². The molecule has 1 unspecified atom stereocenters. The molecule has 5 nitrogen and oxygen atoms in total. The van der Waals surface area contributed by atoms with Gasteiger partial charge in [0.15, 0.2) is 0 Å². The van der Waals surface area contributed by atoms with Gasteiger partial charge in [-0.1, -0.05) is 38.1 Å². The van der Waals surface area contributed by atoms with Gasteiger partial charge in [-0.15, -0.1) is 0 Å². The highest BCUT2D eigenvalue weighted by molar-refractivity contribution is 5.53. The summed E-state index contributed by atoms with van der Waals surface area (Å²) in [7, 11) is 1.81. The number of aliphatic hydroxyl groups is 1. The number of hydrogen-bond donors (Lipinski definition) is 3. The van der Waals surface area contributed by atoms with E-state index in [2.05, 4.69) is 20.6 Å². The van der Waals surface area contributed by atoms with Crippen LogP contribution in [-0.2, 0) is 12.5 Å². The third-order valence-corrected chi connectivity index (χ3v) is 5.60. The Kier molecular flexibility index (Phi) is 8.66. The zero-order chi connectivity index (χ0) is 24.8. The second-order valence-electron chi connectivity index (χ2n) is 8.00. The maximum atomic E-state index is 15.1. The third kappa shape index (κ3) is 5.74. The number of hydrogen-bond acceptors (Lipinski definition) is 5. The summed E-state index contributed by atoms with van der Waals surface area (Å²) < 4.78 is 44.8. The lowest BCUT2D eigenvalue weighted by Crippen LogP contribution is -2.43. The van der Waals surface area contributed by atoms with Gasteiger partial charge in [0.2, 0.25) is 0 Å². The van der Waals surface area contributed by atoms with Crippen LogP contribution in [0.15, 0.2) is 30.0 Å². The van der Waals surface area contributed by atoms with Gasteiger partial charge in [-0.3, -0.25) is 0 Å². The van der Waals surface area contributed by atoms with Crippen molar-refractivity contribution >= 4 is 18.0 Å². The Bertz CT molecular complexity index is 1130. The molecule has 0 fully saturated rings. The summed E-state index contributed by atoms with van der Waals surface area (Å²) in [6, 6.07) is 3.81. The van der Waals surface area contributed by atoms with E-state index in [1.165, 1.54) is 19.1 Å². The normalized spacial score (nSPS) is 15.5. The minimum absolute atomic E-state index is 0.0428. The SMILES string of the molecule is C/C=c1/nc(C)nc(NCc2cccc(C(F)(F)C(C)(O)CC)c2F)/c1=C/C(=C/CC)NC. The molecule has 1 aromatic carbocycles. The van der Waals surface area contributed by atoms with Crippen molar-refractivity contribution in [2.45, 2.75) is 65.5 Å². The molecule has 3 N–H and O–H groups in total. The third-order valence-electron chi connectivity index (χ3n) is 5.60. The predicted octanol–water partition coefficient (Wildman–Crippen LogP) is 3.88. The fourth-order valence-corrected chi connectivity index (χ4v) is 3.36. The Balaban J connectivity index is 2.53. The number of benzene rings is 1. The molecule has 1 aromatic heterocycles. The molecule has 0 spiro atoms. The molecule has 0 aliphatic rings. The lowest BCUT2D eigenvalue weighted by atomic mass is 9.88. The highest BCUT2D eigenvalue weighted by atomic mass is 19.3. The minimum Gasteiger partial charge on any atom is -0.388 e. The summed E-state index contributed by atoms with van der Waals surface area (Å²) in [6.45, 7) is 7.99. The first-order chi connectivity index (χ1) is 15.5. The smallest absolute Gasteiger partial charge is 0.303 e. The highest BCUT2D eigenvalue weighted by Gasteiger charge is 2.50. The number of alkyl halides is 2. The first-order valence-electron chi connectivity index (χ1n) is 11.0. The van der Waals surface area contributed by atoms with Crippen molar-refractivity contribution in [3.63, 3.8) is 0 Å². The van der Waals surface area contributed by atoms with Gasteiger partial charge < -0.3 is 15.7 Å². The predicted molar refractivity (Wildman–Crippen MR) is 127 cm³/mol. The second kappa shape index (κ2) is 10.8. The molecule has 2 rings (SSSR count). The zero-order valence-corrected chi connectivity index (χ0v) is 20.1. The standard InChI is InChI=1S/C25H33F3N4O/c1-7-11-18(29-6)14-19-21(8-2)31-16(4)32-23(19)30-15-17-12-10-13-20(22(17)26)25(27,28)24(5,33)9-3/h8,10-14,29,33H,7,9,15H2,1-6H3,(H,30,31,32)/b18-11-,19-14+,21-8+. The maximum Gasteiger partial charge on any atom is 0.303 e. The van der Waals surface area contributed by atoms with Gasteiger partial charge in [0.05, 0.1) is 10.9 Å². The van der Waals surface area contributed by atoms with Crippen LogP contribution in [0.4, 0.5) is 19.0 Å². The number of aryl methyl sites for hydroxylation is 1.